The van der Waals surface area contributed by atoms with Crippen molar-refractivity contribution < 1.29 is 0 Å². The van der Waals surface area contributed by atoms with Crippen molar-refractivity contribution >= 4 is 0 Å². The Balaban J connectivity index is 1.51. The minimum absolute atomic E-state index is 0.398. The minimum Gasteiger partial charge on any atom is -0.300 e. The lowest BCUT2D eigenvalue weighted by Gasteiger charge is -2.60. The molecule has 0 radical (unpaired) electrons. The van der Waals surface area contributed by atoms with E-state index in [-0.39, 0.29) is 0 Å². The molecule has 3 heteroatoms. The molecule has 4 saturated heterocycles. The zero-order valence-electron chi connectivity index (χ0n) is 16.0. The van der Waals surface area contributed by atoms with E-state index >= 15 is 0 Å². The van der Waals surface area contributed by atoms with Crippen molar-refractivity contribution in [3.05, 3.63) is 35.4 Å². The van der Waals surface area contributed by atoms with Gasteiger partial charge in [-0.05, 0) is 69.4 Å². The van der Waals surface area contributed by atoms with Gasteiger partial charge < -0.3 is 0 Å². The molecular weight excluding hydrogens is 318 g/mol. The summed E-state index contributed by atoms with van der Waals surface area (Å²) < 4.78 is 0. The van der Waals surface area contributed by atoms with Gasteiger partial charge in [-0.15, -0.1) is 0 Å². The van der Waals surface area contributed by atoms with Gasteiger partial charge in [-0.3, -0.25) is 9.80 Å². The maximum atomic E-state index is 10.4. The molecule has 0 spiro atoms. The van der Waals surface area contributed by atoms with E-state index in [2.05, 4.69) is 47.1 Å². The Morgan fingerprint density at radius 3 is 2.58 bits per heavy atom. The van der Waals surface area contributed by atoms with E-state index in [0.29, 0.717) is 6.04 Å². The van der Waals surface area contributed by atoms with Crippen LogP contribution in [0.5, 0.6) is 0 Å². The number of rotatable bonds is 1. The third kappa shape index (κ3) is 2.46. The van der Waals surface area contributed by atoms with Crippen LogP contribution in [0.25, 0.3) is 0 Å². The molecule has 2 bridgehead atoms. The molecule has 4 fully saturated rings. The normalized spacial score (nSPS) is 40.3. The Morgan fingerprint density at radius 1 is 1.00 bits per heavy atom. The summed E-state index contributed by atoms with van der Waals surface area (Å²) in [5.41, 5.74) is 2.11. The second-order valence-electron chi connectivity index (χ2n) is 9.26. The first-order valence-electron chi connectivity index (χ1n) is 10.7. The van der Waals surface area contributed by atoms with Gasteiger partial charge >= 0.3 is 0 Å². The van der Waals surface area contributed by atoms with Crippen LogP contribution in [-0.2, 0) is 5.54 Å². The number of aryl methyl sites for hydroxylation is 1. The van der Waals surface area contributed by atoms with Crippen LogP contribution < -0.4 is 0 Å². The fraction of sp³-hybridized carbons (Fsp3) is 0.696. The number of benzene rings is 1. The molecule has 4 aliphatic heterocycles. The number of fused-ring (bicyclic) bond motifs is 6. The van der Waals surface area contributed by atoms with E-state index in [1.165, 1.54) is 62.7 Å². The lowest BCUT2D eigenvalue weighted by Crippen LogP contribution is -2.67. The van der Waals surface area contributed by atoms with Crippen LogP contribution in [0.2, 0.25) is 0 Å². The van der Waals surface area contributed by atoms with Gasteiger partial charge in [-0.1, -0.05) is 36.2 Å². The average Bonchev–Trinajstić information content (AvgIpc) is 2.68. The number of hydrogen-bond donors (Lipinski definition) is 0. The molecule has 5 atom stereocenters. The second-order valence-corrected chi connectivity index (χ2v) is 9.26. The van der Waals surface area contributed by atoms with Crippen LogP contribution in [0.4, 0.5) is 0 Å². The Labute approximate surface area is 158 Å². The summed E-state index contributed by atoms with van der Waals surface area (Å²) in [6.45, 7) is 5.85. The molecular formula is C23H31N3. The standard InChI is InChI=1S/C23H31N3/c1-17-7-9-20(10-8-17)23(16-24)11-4-6-22-18-13-19(15-26(22)23)21-5-2-3-12-25(21)14-18/h7-10,18-19,21-22H,2-6,11-15H2,1H3/t18-,19-,21-,22+,23?/m0/s1. The quantitative estimate of drug-likeness (QED) is 0.765. The molecule has 138 valence electrons. The van der Waals surface area contributed by atoms with Gasteiger partial charge in [0.05, 0.1) is 6.07 Å². The highest BCUT2D eigenvalue weighted by Gasteiger charge is 2.54. The van der Waals surface area contributed by atoms with E-state index in [1.807, 2.05) is 0 Å². The molecule has 1 aromatic rings. The summed E-state index contributed by atoms with van der Waals surface area (Å²) in [5, 5.41) is 10.4. The Morgan fingerprint density at radius 2 is 1.77 bits per heavy atom. The zero-order chi connectivity index (χ0) is 17.7. The maximum absolute atomic E-state index is 10.4. The molecule has 0 amide bonds. The number of hydrogen-bond acceptors (Lipinski definition) is 3. The lowest BCUT2D eigenvalue weighted by atomic mass is 9.67. The highest BCUT2D eigenvalue weighted by molar-refractivity contribution is 5.35. The van der Waals surface area contributed by atoms with Crippen LogP contribution >= 0.6 is 0 Å². The predicted octanol–water partition coefficient (Wildman–Crippen LogP) is 4.07. The Bertz CT molecular complexity index is 705. The van der Waals surface area contributed by atoms with Gasteiger partial charge in [0.2, 0.25) is 0 Å². The van der Waals surface area contributed by atoms with E-state index in [1.54, 1.807) is 0 Å². The van der Waals surface area contributed by atoms with Crippen molar-refractivity contribution in [1.29, 1.82) is 5.26 Å². The highest BCUT2D eigenvalue weighted by atomic mass is 15.3. The smallest absolute Gasteiger partial charge is 0.135 e. The lowest BCUT2D eigenvalue weighted by molar-refractivity contribution is -0.108. The minimum atomic E-state index is -0.398. The SMILES string of the molecule is Cc1ccc(C2(C#N)CCC[C@@H]3[C@H]4C[C@@H](CN32)[C@@H]2CCCCN2C4)cc1. The van der Waals surface area contributed by atoms with E-state index < -0.39 is 5.54 Å². The largest absolute Gasteiger partial charge is 0.300 e. The average molecular weight is 350 g/mol. The molecule has 1 aromatic carbocycles. The molecule has 3 nitrogen and oxygen atoms in total. The fourth-order valence-corrected chi connectivity index (χ4v) is 6.68. The fourth-order valence-electron chi connectivity index (χ4n) is 6.68. The summed E-state index contributed by atoms with van der Waals surface area (Å²) in [5.74, 6) is 1.53. The van der Waals surface area contributed by atoms with Crippen LogP contribution in [-0.4, -0.2) is 41.5 Å². The third-order valence-corrected chi connectivity index (χ3v) is 7.90. The molecule has 4 heterocycles. The van der Waals surface area contributed by atoms with Gasteiger partial charge in [0.15, 0.2) is 0 Å². The summed E-state index contributed by atoms with van der Waals surface area (Å²) >= 11 is 0. The van der Waals surface area contributed by atoms with Crippen molar-refractivity contribution in [3.63, 3.8) is 0 Å². The van der Waals surface area contributed by atoms with Crippen LogP contribution in [0.1, 0.15) is 56.1 Å². The highest BCUT2D eigenvalue weighted by Crippen LogP contribution is 2.49. The number of nitriles is 1. The number of nitrogens with zero attached hydrogens (tertiary/aromatic N) is 3. The predicted molar refractivity (Wildman–Crippen MR) is 104 cm³/mol. The van der Waals surface area contributed by atoms with Gasteiger partial charge in [-0.2, -0.15) is 5.26 Å². The van der Waals surface area contributed by atoms with Crippen LogP contribution in [0.15, 0.2) is 24.3 Å². The van der Waals surface area contributed by atoms with Gasteiger partial charge in [0.1, 0.15) is 5.54 Å². The molecule has 0 N–H and O–H groups in total. The first kappa shape index (κ1) is 16.8. The molecule has 0 aromatic heterocycles. The van der Waals surface area contributed by atoms with Crippen LogP contribution in [0, 0.1) is 30.1 Å². The van der Waals surface area contributed by atoms with Crippen molar-refractivity contribution in [2.24, 2.45) is 11.8 Å². The van der Waals surface area contributed by atoms with E-state index in [0.717, 1.165) is 30.8 Å². The first-order chi connectivity index (χ1) is 12.7. The van der Waals surface area contributed by atoms with Crippen molar-refractivity contribution in [3.8, 4) is 6.07 Å². The van der Waals surface area contributed by atoms with Gasteiger partial charge in [0, 0.05) is 25.2 Å². The molecule has 4 aliphatic rings. The van der Waals surface area contributed by atoms with E-state index in [9.17, 15) is 5.26 Å². The second kappa shape index (κ2) is 6.36. The summed E-state index contributed by atoms with van der Waals surface area (Å²) in [4.78, 5) is 5.49. The summed E-state index contributed by atoms with van der Waals surface area (Å²) in [6.07, 6.45) is 9.02. The Hall–Kier alpha value is -1.37. The van der Waals surface area contributed by atoms with Crippen molar-refractivity contribution in [1.82, 2.24) is 9.80 Å². The molecule has 0 saturated carbocycles. The van der Waals surface area contributed by atoms with Gasteiger partial charge in [0.25, 0.3) is 0 Å². The van der Waals surface area contributed by atoms with Crippen LogP contribution in [0.3, 0.4) is 0 Å². The summed E-state index contributed by atoms with van der Waals surface area (Å²) in [6, 6.07) is 13.0. The monoisotopic (exact) mass is 349 g/mol. The zero-order valence-corrected chi connectivity index (χ0v) is 16.0. The van der Waals surface area contributed by atoms with E-state index in [4.69, 9.17) is 0 Å². The molecule has 0 aliphatic carbocycles. The Kier molecular flexibility index (Phi) is 4.10. The first-order valence-corrected chi connectivity index (χ1v) is 10.7. The molecule has 26 heavy (non-hydrogen) atoms. The van der Waals surface area contributed by atoms with Crippen molar-refractivity contribution in [2.75, 3.05) is 19.6 Å². The topological polar surface area (TPSA) is 30.3 Å². The third-order valence-electron chi connectivity index (χ3n) is 7.90. The maximum Gasteiger partial charge on any atom is 0.135 e. The summed E-state index contributed by atoms with van der Waals surface area (Å²) in [7, 11) is 0. The molecule has 1 unspecified atom stereocenters. The van der Waals surface area contributed by atoms with Crippen molar-refractivity contribution in [2.45, 2.75) is 69.5 Å². The van der Waals surface area contributed by atoms with Gasteiger partial charge in [-0.25, -0.2) is 0 Å². The number of piperidine rings is 4. The molecule has 5 rings (SSSR count).